The molecule has 1 heterocycles. The number of nitrogens with zero attached hydrogens (tertiary/aromatic N) is 2. The first-order chi connectivity index (χ1) is 8.97. The molecular weight excluding hydrogens is 245 g/mol. The van der Waals surface area contributed by atoms with Crippen molar-refractivity contribution in [2.45, 2.75) is 20.4 Å². The average Bonchev–Trinajstić information content (AvgIpc) is 2.68. The zero-order chi connectivity index (χ0) is 14.0. The molecule has 0 aliphatic heterocycles. The molecular formula is C14H16FN3O. The Labute approximate surface area is 111 Å². The van der Waals surface area contributed by atoms with Crippen LogP contribution in [0.4, 0.5) is 4.39 Å². The maximum Gasteiger partial charge on any atom is 0.254 e. The Balaban J connectivity index is 2.09. The third-order valence-electron chi connectivity index (χ3n) is 2.92. The van der Waals surface area contributed by atoms with Crippen molar-refractivity contribution >= 4 is 5.91 Å². The maximum atomic E-state index is 13.6. The molecule has 0 saturated heterocycles. The standard InChI is InChI=1S/C14H16FN3O/c1-9-4-5-13(15)12(6-9)14(19)16-7-11-8-18(3)17-10(11)2/h4-6,8H,7H2,1-3H3,(H,16,19). The van der Waals surface area contributed by atoms with Crippen LogP contribution < -0.4 is 5.32 Å². The van der Waals surface area contributed by atoms with Crippen LogP contribution in [0.1, 0.15) is 27.2 Å². The summed E-state index contributed by atoms with van der Waals surface area (Å²) in [6, 6.07) is 4.48. The minimum atomic E-state index is -0.508. The van der Waals surface area contributed by atoms with Gasteiger partial charge in [0.2, 0.25) is 0 Å². The van der Waals surface area contributed by atoms with Gasteiger partial charge in [0.15, 0.2) is 0 Å². The number of hydrogen-bond acceptors (Lipinski definition) is 2. The van der Waals surface area contributed by atoms with E-state index in [0.717, 1.165) is 16.8 Å². The molecule has 0 saturated carbocycles. The Bertz CT molecular complexity index is 619. The molecule has 100 valence electrons. The zero-order valence-electron chi connectivity index (χ0n) is 11.2. The third-order valence-corrected chi connectivity index (χ3v) is 2.92. The van der Waals surface area contributed by atoms with E-state index in [-0.39, 0.29) is 5.56 Å². The molecule has 5 heteroatoms. The zero-order valence-corrected chi connectivity index (χ0v) is 11.2. The van der Waals surface area contributed by atoms with E-state index in [4.69, 9.17) is 0 Å². The second kappa shape index (κ2) is 5.22. The summed E-state index contributed by atoms with van der Waals surface area (Å²) in [5.41, 5.74) is 2.70. The van der Waals surface area contributed by atoms with Gasteiger partial charge in [0.25, 0.3) is 5.91 Å². The van der Waals surface area contributed by atoms with Crippen LogP contribution in [-0.4, -0.2) is 15.7 Å². The molecule has 0 fully saturated rings. The fraction of sp³-hybridized carbons (Fsp3) is 0.286. The van der Waals surface area contributed by atoms with Crippen LogP contribution in [0.15, 0.2) is 24.4 Å². The minimum Gasteiger partial charge on any atom is -0.348 e. The van der Waals surface area contributed by atoms with Crippen LogP contribution in [0.2, 0.25) is 0 Å². The number of nitrogens with one attached hydrogen (secondary N) is 1. The van der Waals surface area contributed by atoms with Crippen molar-refractivity contribution in [1.29, 1.82) is 0 Å². The van der Waals surface area contributed by atoms with Gasteiger partial charge in [-0.1, -0.05) is 11.6 Å². The molecule has 19 heavy (non-hydrogen) atoms. The lowest BCUT2D eigenvalue weighted by Crippen LogP contribution is -2.24. The Hall–Kier alpha value is -2.17. The number of halogens is 1. The van der Waals surface area contributed by atoms with Crippen molar-refractivity contribution < 1.29 is 9.18 Å². The van der Waals surface area contributed by atoms with Crippen molar-refractivity contribution in [3.05, 3.63) is 52.6 Å². The molecule has 1 aromatic carbocycles. The minimum absolute atomic E-state index is 0.0709. The molecule has 0 bridgehead atoms. The molecule has 0 unspecified atom stereocenters. The van der Waals surface area contributed by atoms with E-state index >= 15 is 0 Å². The Morgan fingerprint density at radius 2 is 2.16 bits per heavy atom. The summed E-state index contributed by atoms with van der Waals surface area (Å²) >= 11 is 0. The number of carbonyl (C=O) groups excluding carboxylic acids is 1. The first-order valence-corrected chi connectivity index (χ1v) is 6.01. The molecule has 1 amide bonds. The molecule has 0 atom stereocenters. The van der Waals surface area contributed by atoms with Crippen molar-refractivity contribution in [3.8, 4) is 0 Å². The van der Waals surface area contributed by atoms with Gasteiger partial charge in [-0.2, -0.15) is 5.10 Å². The second-order valence-electron chi connectivity index (χ2n) is 4.58. The van der Waals surface area contributed by atoms with Crippen molar-refractivity contribution in [2.75, 3.05) is 0 Å². The molecule has 0 radical (unpaired) electrons. The van der Waals surface area contributed by atoms with Gasteiger partial charge in [-0.15, -0.1) is 0 Å². The van der Waals surface area contributed by atoms with Gasteiger partial charge in [-0.25, -0.2) is 4.39 Å². The molecule has 1 N–H and O–H groups in total. The SMILES string of the molecule is Cc1ccc(F)c(C(=O)NCc2cn(C)nc2C)c1. The van der Waals surface area contributed by atoms with E-state index in [0.29, 0.717) is 6.54 Å². The second-order valence-corrected chi connectivity index (χ2v) is 4.58. The molecule has 0 aliphatic rings. The van der Waals surface area contributed by atoms with Gasteiger partial charge in [-0.05, 0) is 26.0 Å². The summed E-state index contributed by atoms with van der Waals surface area (Å²) in [5, 5.41) is 6.89. The lowest BCUT2D eigenvalue weighted by Gasteiger charge is -2.06. The summed E-state index contributed by atoms with van der Waals surface area (Å²) in [7, 11) is 1.82. The monoisotopic (exact) mass is 261 g/mol. The summed E-state index contributed by atoms with van der Waals surface area (Å²) < 4.78 is 15.2. The highest BCUT2D eigenvalue weighted by molar-refractivity contribution is 5.94. The molecule has 2 rings (SSSR count). The molecule has 1 aromatic heterocycles. The summed E-state index contributed by atoms with van der Waals surface area (Å²) in [6.45, 7) is 4.03. The smallest absolute Gasteiger partial charge is 0.254 e. The average molecular weight is 261 g/mol. The molecule has 0 aliphatic carbocycles. The summed E-state index contributed by atoms with van der Waals surface area (Å²) in [6.07, 6.45) is 1.84. The first-order valence-electron chi connectivity index (χ1n) is 6.01. The van der Waals surface area contributed by atoms with Crippen molar-refractivity contribution in [3.63, 3.8) is 0 Å². The Morgan fingerprint density at radius 1 is 1.42 bits per heavy atom. The normalized spacial score (nSPS) is 10.5. The number of benzene rings is 1. The van der Waals surface area contributed by atoms with Crippen LogP contribution in [0.5, 0.6) is 0 Å². The number of amides is 1. The molecule has 2 aromatic rings. The highest BCUT2D eigenvalue weighted by atomic mass is 19.1. The fourth-order valence-electron chi connectivity index (χ4n) is 1.91. The van der Waals surface area contributed by atoms with Crippen LogP contribution in [0, 0.1) is 19.7 Å². The quantitative estimate of drug-likeness (QED) is 0.919. The van der Waals surface area contributed by atoms with Gasteiger partial charge in [-0.3, -0.25) is 9.48 Å². The number of carbonyl (C=O) groups is 1. The summed E-state index contributed by atoms with van der Waals surface area (Å²) in [5.74, 6) is -0.921. The Kier molecular flexibility index (Phi) is 3.64. The van der Waals surface area contributed by atoms with Crippen LogP contribution in [0.25, 0.3) is 0 Å². The van der Waals surface area contributed by atoms with Crippen LogP contribution >= 0.6 is 0 Å². The molecule has 4 nitrogen and oxygen atoms in total. The number of aryl methyl sites for hydroxylation is 3. The number of rotatable bonds is 3. The van der Waals surface area contributed by atoms with Gasteiger partial charge in [0, 0.05) is 25.4 Å². The lowest BCUT2D eigenvalue weighted by atomic mass is 10.1. The van der Waals surface area contributed by atoms with E-state index in [1.807, 2.05) is 27.1 Å². The van der Waals surface area contributed by atoms with Gasteiger partial charge in [0.1, 0.15) is 5.82 Å². The lowest BCUT2D eigenvalue weighted by molar-refractivity contribution is 0.0946. The van der Waals surface area contributed by atoms with E-state index in [2.05, 4.69) is 10.4 Å². The van der Waals surface area contributed by atoms with Gasteiger partial charge < -0.3 is 5.32 Å². The predicted molar refractivity (Wildman–Crippen MR) is 70.3 cm³/mol. The first kappa shape index (κ1) is 13.3. The van der Waals surface area contributed by atoms with Crippen LogP contribution in [0.3, 0.4) is 0 Å². The maximum absolute atomic E-state index is 13.6. The van der Waals surface area contributed by atoms with Gasteiger partial charge >= 0.3 is 0 Å². The van der Waals surface area contributed by atoms with E-state index < -0.39 is 11.7 Å². The van der Waals surface area contributed by atoms with E-state index in [1.165, 1.54) is 6.07 Å². The van der Waals surface area contributed by atoms with E-state index in [1.54, 1.807) is 16.8 Å². The summed E-state index contributed by atoms with van der Waals surface area (Å²) in [4.78, 5) is 11.9. The Morgan fingerprint density at radius 3 is 2.79 bits per heavy atom. The fourth-order valence-corrected chi connectivity index (χ4v) is 1.91. The van der Waals surface area contributed by atoms with Crippen molar-refractivity contribution in [2.24, 2.45) is 7.05 Å². The third kappa shape index (κ3) is 2.99. The highest BCUT2D eigenvalue weighted by Gasteiger charge is 2.12. The largest absolute Gasteiger partial charge is 0.348 e. The topological polar surface area (TPSA) is 46.9 Å². The predicted octanol–water partition coefficient (Wildman–Crippen LogP) is 2.11. The van der Waals surface area contributed by atoms with Crippen LogP contribution in [-0.2, 0) is 13.6 Å². The van der Waals surface area contributed by atoms with E-state index in [9.17, 15) is 9.18 Å². The number of aromatic nitrogens is 2. The highest BCUT2D eigenvalue weighted by Crippen LogP contribution is 2.10. The molecule has 0 spiro atoms. The van der Waals surface area contributed by atoms with Crippen molar-refractivity contribution in [1.82, 2.24) is 15.1 Å². The van der Waals surface area contributed by atoms with Gasteiger partial charge in [0.05, 0.1) is 11.3 Å². The number of hydrogen-bond donors (Lipinski definition) is 1.